The van der Waals surface area contributed by atoms with E-state index in [-0.39, 0.29) is 0 Å². The molecule has 23 heavy (non-hydrogen) atoms. The van der Waals surface area contributed by atoms with Crippen molar-refractivity contribution in [3.05, 3.63) is 28.2 Å². The van der Waals surface area contributed by atoms with Gasteiger partial charge in [0.1, 0.15) is 5.75 Å². The molecule has 5 rings (SSSR count). The molecule has 4 aliphatic heterocycles. The minimum absolute atomic E-state index is 0.300. The van der Waals surface area contributed by atoms with E-state index in [1.54, 1.807) is 6.07 Å². The van der Waals surface area contributed by atoms with Crippen molar-refractivity contribution in [3.8, 4) is 5.75 Å². The van der Waals surface area contributed by atoms with Crippen molar-refractivity contribution in [3.63, 3.8) is 0 Å². The number of carbonyl (C=O) groups is 1. The summed E-state index contributed by atoms with van der Waals surface area (Å²) >= 11 is 11.3. The number of nitrogens with zero attached hydrogens (tertiary/aromatic N) is 4. The number of halogens is 2. The van der Waals surface area contributed by atoms with Crippen LogP contribution in [0.2, 0.25) is 10.0 Å². The second kappa shape index (κ2) is 7.21. The molecule has 0 radical (unpaired) electrons. The molecule has 1 N–H and O–H groups in total. The number of benzene rings is 1. The summed E-state index contributed by atoms with van der Waals surface area (Å²) in [6, 6.07) is 4.58. The molecule has 4 heterocycles. The zero-order chi connectivity index (χ0) is 16.4. The Bertz CT molecular complexity index is 531. The predicted molar refractivity (Wildman–Crippen MR) is 86.2 cm³/mol. The first kappa shape index (κ1) is 16.8. The summed E-state index contributed by atoms with van der Waals surface area (Å²) in [5, 5.41) is 9.11. The molecular weight excluding hydrogens is 343 g/mol. The summed E-state index contributed by atoms with van der Waals surface area (Å²) < 4.78 is 4.86. The van der Waals surface area contributed by atoms with Crippen molar-refractivity contribution in [1.82, 2.24) is 19.6 Å². The van der Waals surface area contributed by atoms with Crippen LogP contribution in [0.25, 0.3) is 0 Å². The lowest BCUT2D eigenvalue weighted by molar-refractivity contribution is -0.194. The van der Waals surface area contributed by atoms with E-state index in [0.29, 0.717) is 15.8 Å². The molecule has 1 aromatic rings. The molecule has 126 valence electrons. The maximum atomic E-state index is 10.2. The Balaban J connectivity index is 0.000000139. The molecule has 0 saturated carbocycles. The highest BCUT2D eigenvalue weighted by Gasteiger charge is 2.36. The van der Waals surface area contributed by atoms with Crippen LogP contribution >= 0.6 is 23.2 Å². The van der Waals surface area contributed by atoms with Crippen molar-refractivity contribution < 1.29 is 14.6 Å². The zero-order valence-electron chi connectivity index (χ0n) is 12.5. The fraction of sp³-hybridized carbons (Fsp3) is 0.500. The third-order valence-corrected chi connectivity index (χ3v) is 4.18. The predicted octanol–water partition coefficient (Wildman–Crippen LogP) is 1.44. The van der Waals surface area contributed by atoms with Crippen LogP contribution < -0.4 is 4.74 Å². The highest BCUT2D eigenvalue weighted by atomic mass is 35.5. The van der Waals surface area contributed by atoms with Gasteiger partial charge in [-0.3, -0.25) is 19.6 Å². The molecule has 0 amide bonds. The van der Waals surface area contributed by atoms with E-state index in [2.05, 4.69) is 19.6 Å². The lowest BCUT2D eigenvalue weighted by Crippen LogP contribution is -2.71. The number of rotatable bonds is 3. The van der Waals surface area contributed by atoms with Gasteiger partial charge in [-0.1, -0.05) is 23.2 Å². The second-order valence-corrected chi connectivity index (χ2v) is 6.63. The van der Waals surface area contributed by atoms with Crippen LogP contribution in [0.1, 0.15) is 0 Å². The van der Waals surface area contributed by atoms with Crippen LogP contribution in [0.5, 0.6) is 5.75 Å². The molecule has 0 unspecified atom stereocenters. The average Bonchev–Trinajstić information content (AvgIpc) is 2.45. The Labute approximate surface area is 144 Å². The Kier molecular flexibility index (Phi) is 5.25. The van der Waals surface area contributed by atoms with Crippen molar-refractivity contribution in [2.45, 2.75) is 0 Å². The summed E-state index contributed by atoms with van der Waals surface area (Å²) in [5.74, 6) is -0.737. The molecule has 7 nitrogen and oxygen atoms in total. The number of hydrogen-bond donors (Lipinski definition) is 1. The van der Waals surface area contributed by atoms with Gasteiger partial charge in [-0.05, 0) is 18.2 Å². The molecule has 4 saturated heterocycles. The third-order valence-electron chi connectivity index (χ3n) is 3.65. The van der Waals surface area contributed by atoms with Gasteiger partial charge in [0.05, 0.1) is 45.0 Å². The van der Waals surface area contributed by atoms with Gasteiger partial charge in [0.25, 0.3) is 0 Å². The van der Waals surface area contributed by atoms with E-state index in [0.717, 1.165) is 0 Å². The first-order valence-electron chi connectivity index (χ1n) is 7.18. The minimum Gasteiger partial charge on any atom is -0.480 e. The van der Waals surface area contributed by atoms with Crippen molar-refractivity contribution in [1.29, 1.82) is 0 Å². The highest BCUT2D eigenvalue weighted by Crippen LogP contribution is 2.27. The van der Waals surface area contributed by atoms with Gasteiger partial charge in [-0.25, -0.2) is 4.79 Å². The van der Waals surface area contributed by atoms with Crippen molar-refractivity contribution in [2.24, 2.45) is 0 Å². The topological polar surface area (TPSA) is 59.5 Å². The number of carboxylic acid groups (broad SMARTS) is 1. The van der Waals surface area contributed by atoms with Crippen LogP contribution in [0.3, 0.4) is 0 Å². The monoisotopic (exact) mass is 360 g/mol. The summed E-state index contributed by atoms with van der Waals surface area (Å²) in [5.41, 5.74) is 0. The van der Waals surface area contributed by atoms with Crippen LogP contribution in [0, 0.1) is 0 Å². The Morgan fingerprint density at radius 2 is 1.48 bits per heavy atom. The van der Waals surface area contributed by atoms with E-state index in [4.69, 9.17) is 33.0 Å². The lowest BCUT2D eigenvalue weighted by Gasteiger charge is -2.56. The van der Waals surface area contributed by atoms with Gasteiger partial charge in [-0.2, -0.15) is 0 Å². The average molecular weight is 361 g/mol. The van der Waals surface area contributed by atoms with Gasteiger partial charge in [0.2, 0.25) is 0 Å². The van der Waals surface area contributed by atoms with Gasteiger partial charge >= 0.3 is 5.97 Å². The molecule has 4 aliphatic rings. The standard InChI is InChI=1S/C8H6Cl2O3.C6H12N4/c9-5-1-2-7(6(10)3-5)13-4-8(11)12;1-7-2-9-4-8(1)5-10(3-7)6-9/h1-3H,4H2,(H,11,12);1-6H2. The Hall–Kier alpha value is -1.09. The largest absolute Gasteiger partial charge is 0.480 e. The quantitative estimate of drug-likeness (QED) is 0.874. The second-order valence-electron chi connectivity index (χ2n) is 5.79. The van der Waals surface area contributed by atoms with E-state index >= 15 is 0 Å². The minimum atomic E-state index is -1.05. The normalized spacial score (nSPS) is 30.5. The smallest absolute Gasteiger partial charge is 0.341 e. The van der Waals surface area contributed by atoms with Gasteiger partial charge < -0.3 is 9.84 Å². The number of carboxylic acids is 1. The van der Waals surface area contributed by atoms with Crippen LogP contribution in [-0.2, 0) is 4.79 Å². The van der Waals surface area contributed by atoms with Crippen molar-refractivity contribution >= 4 is 29.2 Å². The molecule has 0 atom stereocenters. The lowest BCUT2D eigenvalue weighted by atomic mass is 10.3. The number of aliphatic carboxylic acids is 1. The van der Waals surface area contributed by atoms with Crippen LogP contribution in [-0.4, -0.2) is 77.3 Å². The van der Waals surface area contributed by atoms with E-state index in [1.807, 2.05) is 0 Å². The van der Waals surface area contributed by atoms with Gasteiger partial charge in [-0.15, -0.1) is 0 Å². The van der Waals surface area contributed by atoms with Crippen LogP contribution in [0.15, 0.2) is 18.2 Å². The first-order valence-corrected chi connectivity index (χ1v) is 7.94. The third kappa shape index (κ3) is 4.47. The SMILES string of the molecule is C1N2CN3CN1CN(C2)C3.O=C(O)COc1ccc(Cl)cc1Cl. The molecule has 9 heteroatoms. The molecule has 1 aromatic carbocycles. The Morgan fingerprint density at radius 1 is 1.00 bits per heavy atom. The Morgan fingerprint density at radius 3 is 1.87 bits per heavy atom. The van der Waals surface area contributed by atoms with E-state index < -0.39 is 12.6 Å². The summed E-state index contributed by atoms with van der Waals surface area (Å²) in [7, 11) is 0. The molecular formula is C14H18Cl2N4O3. The summed E-state index contributed by atoms with van der Waals surface area (Å²) in [6.07, 6.45) is 0. The fourth-order valence-electron chi connectivity index (χ4n) is 2.97. The van der Waals surface area contributed by atoms with E-state index in [9.17, 15) is 4.79 Å². The summed E-state index contributed by atoms with van der Waals surface area (Å²) in [4.78, 5) is 20.0. The molecule has 0 aliphatic carbocycles. The molecule has 4 bridgehead atoms. The highest BCUT2D eigenvalue weighted by molar-refractivity contribution is 6.35. The van der Waals surface area contributed by atoms with E-state index in [1.165, 1.54) is 52.1 Å². The van der Waals surface area contributed by atoms with Crippen molar-refractivity contribution in [2.75, 3.05) is 46.6 Å². The molecule has 4 fully saturated rings. The van der Waals surface area contributed by atoms with Gasteiger partial charge in [0, 0.05) is 5.02 Å². The summed E-state index contributed by atoms with van der Waals surface area (Å²) in [6.45, 7) is 6.71. The first-order chi connectivity index (χ1) is 11.0. The molecule has 0 spiro atoms. The maximum absolute atomic E-state index is 10.2. The maximum Gasteiger partial charge on any atom is 0.341 e. The van der Waals surface area contributed by atoms with Crippen LogP contribution in [0.4, 0.5) is 0 Å². The number of ether oxygens (including phenoxy) is 1. The molecule has 0 aromatic heterocycles. The van der Waals surface area contributed by atoms with Gasteiger partial charge in [0.15, 0.2) is 6.61 Å². The number of hydrogen-bond acceptors (Lipinski definition) is 6. The fourth-order valence-corrected chi connectivity index (χ4v) is 3.43. The zero-order valence-corrected chi connectivity index (χ0v) is 14.0.